The first-order valence-electron chi connectivity index (χ1n) is 3.92. The number of ether oxygens (including phenoxy) is 1. The smallest absolute Gasteiger partial charge is 0.505 e. The standard InChI is InChI=1S/C8H3F5N2O2/c9-7(10)3-1-5(17-8(11,12)13)15-4(2-14)6(3)16/h1,7,16H. The van der Waals surface area contributed by atoms with E-state index >= 15 is 0 Å². The van der Waals surface area contributed by atoms with E-state index in [0.717, 1.165) is 0 Å². The molecule has 92 valence electrons. The van der Waals surface area contributed by atoms with Crippen LogP contribution in [0.5, 0.6) is 11.6 Å². The van der Waals surface area contributed by atoms with Crippen LogP contribution in [0.2, 0.25) is 0 Å². The molecule has 9 heteroatoms. The fourth-order valence-corrected chi connectivity index (χ4v) is 0.949. The molecule has 0 amide bonds. The molecule has 0 saturated carbocycles. The number of halogens is 5. The van der Waals surface area contributed by atoms with Crippen LogP contribution in [-0.2, 0) is 0 Å². The van der Waals surface area contributed by atoms with Crippen molar-refractivity contribution in [3.05, 3.63) is 17.3 Å². The number of nitrogens with zero attached hydrogens (tertiary/aromatic N) is 2. The Morgan fingerprint density at radius 1 is 1.41 bits per heavy atom. The maximum atomic E-state index is 12.3. The van der Waals surface area contributed by atoms with E-state index < -0.39 is 35.7 Å². The van der Waals surface area contributed by atoms with E-state index in [0.29, 0.717) is 0 Å². The van der Waals surface area contributed by atoms with Crippen LogP contribution in [0.15, 0.2) is 6.07 Å². The number of hydrogen-bond acceptors (Lipinski definition) is 4. The average Bonchev–Trinajstić information content (AvgIpc) is 2.17. The predicted molar refractivity (Wildman–Crippen MR) is 42.3 cm³/mol. The fourth-order valence-electron chi connectivity index (χ4n) is 0.949. The minimum Gasteiger partial charge on any atom is -0.505 e. The molecule has 0 bridgehead atoms. The number of pyridine rings is 1. The van der Waals surface area contributed by atoms with Crippen LogP contribution < -0.4 is 4.74 Å². The zero-order chi connectivity index (χ0) is 13.2. The van der Waals surface area contributed by atoms with Gasteiger partial charge in [0.1, 0.15) is 6.07 Å². The van der Waals surface area contributed by atoms with Gasteiger partial charge in [-0.25, -0.2) is 8.78 Å². The summed E-state index contributed by atoms with van der Waals surface area (Å²) in [5.41, 5.74) is -2.13. The highest BCUT2D eigenvalue weighted by Gasteiger charge is 2.33. The van der Waals surface area contributed by atoms with Gasteiger partial charge in [-0.2, -0.15) is 10.2 Å². The molecule has 0 saturated heterocycles. The number of alkyl halides is 5. The molecule has 0 aromatic carbocycles. The second kappa shape index (κ2) is 4.40. The van der Waals surface area contributed by atoms with E-state index in [1.165, 1.54) is 6.07 Å². The molecular formula is C8H3F5N2O2. The highest BCUT2D eigenvalue weighted by atomic mass is 19.4. The van der Waals surface area contributed by atoms with Gasteiger partial charge < -0.3 is 9.84 Å². The topological polar surface area (TPSA) is 66.1 Å². The summed E-state index contributed by atoms with van der Waals surface area (Å²) in [5, 5.41) is 17.5. The maximum absolute atomic E-state index is 12.3. The van der Waals surface area contributed by atoms with Crippen molar-refractivity contribution in [3.8, 4) is 17.7 Å². The van der Waals surface area contributed by atoms with Crippen molar-refractivity contribution in [2.45, 2.75) is 12.8 Å². The summed E-state index contributed by atoms with van der Waals surface area (Å²) < 4.78 is 63.4. The van der Waals surface area contributed by atoms with Gasteiger partial charge in [-0.15, -0.1) is 13.2 Å². The summed E-state index contributed by atoms with van der Waals surface area (Å²) in [6, 6.07) is 1.39. The van der Waals surface area contributed by atoms with E-state index in [4.69, 9.17) is 10.4 Å². The number of nitriles is 1. The lowest BCUT2D eigenvalue weighted by Crippen LogP contribution is -2.18. The van der Waals surface area contributed by atoms with Gasteiger partial charge in [0.05, 0.1) is 5.56 Å². The second-order valence-corrected chi connectivity index (χ2v) is 2.71. The largest absolute Gasteiger partial charge is 0.574 e. The summed E-state index contributed by atoms with van der Waals surface area (Å²) in [4.78, 5) is 2.93. The van der Waals surface area contributed by atoms with Crippen LogP contribution in [0.3, 0.4) is 0 Å². The second-order valence-electron chi connectivity index (χ2n) is 2.71. The number of rotatable bonds is 2. The number of aromatic nitrogens is 1. The van der Waals surface area contributed by atoms with E-state index in [9.17, 15) is 22.0 Å². The molecule has 0 spiro atoms. The monoisotopic (exact) mass is 254 g/mol. The van der Waals surface area contributed by atoms with Gasteiger partial charge in [0.25, 0.3) is 6.43 Å². The summed E-state index contributed by atoms with van der Waals surface area (Å²) in [6.45, 7) is 0. The molecule has 0 atom stereocenters. The molecule has 0 aliphatic rings. The van der Waals surface area contributed by atoms with Gasteiger partial charge in [0.15, 0.2) is 11.4 Å². The van der Waals surface area contributed by atoms with Gasteiger partial charge in [-0.1, -0.05) is 0 Å². The Balaban J connectivity index is 3.27. The summed E-state index contributed by atoms with van der Waals surface area (Å²) >= 11 is 0. The van der Waals surface area contributed by atoms with Gasteiger partial charge in [0, 0.05) is 6.07 Å². The number of hydrogen-bond donors (Lipinski definition) is 1. The van der Waals surface area contributed by atoms with Crippen molar-refractivity contribution in [1.82, 2.24) is 4.98 Å². The van der Waals surface area contributed by atoms with Crippen molar-refractivity contribution in [2.24, 2.45) is 0 Å². The zero-order valence-electron chi connectivity index (χ0n) is 7.79. The Labute approximate surface area is 90.9 Å². The third-order valence-electron chi connectivity index (χ3n) is 1.56. The quantitative estimate of drug-likeness (QED) is 0.823. The zero-order valence-corrected chi connectivity index (χ0v) is 7.79. The van der Waals surface area contributed by atoms with Gasteiger partial charge in [-0.05, 0) is 0 Å². The molecular weight excluding hydrogens is 251 g/mol. The van der Waals surface area contributed by atoms with Crippen molar-refractivity contribution in [1.29, 1.82) is 5.26 Å². The van der Waals surface area contributed by atoms with E-state index in [-0.39, 0.29) is 6.07 Å². The van der Waals surface area contributed by atoms with Gasteiger partial charge >= 0.3 is 6.36 Å². The third kappa shape index (κ3) is 3.17. The molecule has 0 aliphatic heterocycles. The van der Waals surface area contributed by atoms with Gasteiger partial charge in [0.2, 0.25) is 5.88 Å². The maximum Gasteiger partial charge on any atom is 0.574 e. The predicted octanol–water partition coefficient (Wildman–Crippen LogP) is 2.50. The first-order valence-corrected chi connectivity index (χ1v) is 3.92. The Bertz CT molecular complexity index is 466. The molecule has 1 aromatic rings. The SMILES string of the molecule is N#Cc1nc(OC(F)(F)F)cc(C(F)F)c1O. The summed E-state index contributed by atoms with van der Waals surface area (Å²) in [6.07, 6.45) is -8.39. The average molecular weight is 254 g/mol. The first kappa shape index (κ1) is 13.0. The summed E-state index contributed by atoms with van der Waals surface area (Å²) in [5.74, 6) is -2.40. The van der Waals surface area contributed by atoms with Crippen molar-refractivity contribution in [3.63, 3.8) is 0 Å². The molecule has 4 nitrogen and oxygen atoms in total. The van der Waals surface area contributed by atoms with Crippen LogP contribution in [0.1, 0.15) is 17.7 Å². The van der Waals surface area contributed by atoms with Crippen LogP contribution in [0.25, 0.3) is 0 Å². The Hall–Kier alpha value is -2.11. The molecule has 1 N–H and O–H groups in total. The lowest BCUT2D eigenvalue weighted by atomic mass is 10.2. The Morgan fingerprint density at radius 3 is 2.41 bits per heavy atom. The van der Waals surface area contributed by atoms with Crippen molar-refractivity contribution < 1.29 is 31.8 Å². The van der Waals surface area contributed by atoms with E-state index in [2.05, 4.69) is 9.72 Å². The molecule has 1 heterocycles. The van der Waals surface area contributed by atoms with E-state index in [1.807, 2.05) is 0 Å². The van der Waals surface area contributed by atoms with Crippen LogP contribution >= 0.6 is 0 Å². The lowest BCUT2D eigenvalue weighted by molar-refractivity contribution is -0.276. The molecule has 0 aliphatic carbocycles. The first-order chi connectivity index (χ1) is 7.74. The Kier molecular flexibility index (Phi) is 3.36. The lowest BCUT2D eigenvalue weighted by Gasteiger charge is -2.10. The van der Waals surface area contributed by atoms with Crippen LogP contribution in [-0.4, -0.2) is 16.5 Å². The molecule has 1 aromatic heterocycles. The molecule has 0 fully saturated rings. The van der Waals surface area contributed by atoms with E-state index in [1.54, 1.807) is 0 Å². The number of aromatic hydroxyl groups is 1. The highest BCUT2D eigenvalue weighted by Crippen LogP contribution is 2.34. The summed E-state index contributed by atoms with van der Waals surface area (Å²) in [7, 11) is 0. The van der Waals surface area contributed by atoms with Gasteiger partial charge in [-0.3, -0.25) is 0 Å². The third-order valence-corrected chi connectivity index (χ3v) is 1.56. The fraction of sp³-hybridized carbons (Fsp3) is 0.250. The van der Waals surface area contributed by atoms with Crippen LogP contribution in [0, 0.1) is 11.3 Å². The molecule has 0 radical (unpaired) electrons. The molecule has 1 rings (SSSR count). The molecule has 0 unspecified atom stereocenters. The molecule has 17 heavy (non-hydrogen) atoms. The highest BCUT2D eigenvalue weighted by molar-refractivity contribution is 5.46. The Morgan fingerprint density at radius 2 is 2.00 bits per heavy atom. The minimum absolute atomic E-state index is 0.217. The minimum atomic E-state index is -5.13. The van der Waals surface area contributed by atoms with Crippen LogP contribution in [0.4, 0.5) is 22.0 Å². The normalized spacial score (nSPS) is 11.4. The van der Waals surface area contributed by atoms with Crippen molar-refractivity contribution in [2.75, 3.05) is 0 Å². The van der Waals surface area contributed by atoms with Crippen molar-refractivity contribution >= 4 is 0 Å².